The molecule has 0 fully saturated rings. The molecule has 0 saturated carbocycles. The highest BCUT2D eigenvalue weighted by molar-refractivity contribution is 5.72. The largest absolute Gasteiger partial charge is 0.480 e. The van der Waals surface area contributed by atoms with Crippen LogP contribution in [0.1, 0.15) is 19.9 Å². The Morgan fingerprint density at radius 3 is 2.50 bits per heavy atom. The van der Waals surface area contributed by atoms with Gasteiger partial charge in [-0.15, -0.1) is 5.10 Å². The maximum atomic E-state index is 11.2. The molecule has 1 atom stereocenters. The van der Waals surface area contributed by atoms with E-state index in [0.29, 0.717) is 11.3 Å². The topological polar surface area (TPSA) is 103 Å². The summed E-state index contributed by atoms with van der Waals surface area (Å²) >= 11 is 0. The SMILES string of the molecule is COc1ncc(-c2cn([C@H](C(=O)O)C(C)C)nn2)cn1. The van der Waals surface area contributed by atoms with Crippen LogP contribution in [-0.4, -0.2) is 43.1 Å². The van der Waals surface area contributed by atoms with Crippen molar-refractivity contribution in [1.29, 1.82) is 0 Å². The fourth-order valence-corrected chi connectivity index (χ4v) is 1.80. The molecule has 0 aliphatic rings. The minimum Gasteiger partial charge on any atom is -0.480 e. The molecule has 2 heterocycles. The average Bonchev–Trinajstić information content (AvgIpc) is 2.87. The molecule has 2 aromatic heterocycles. The number of aromatic nitrogens is 5. The van der Waals surface area contributed by atoms with E-state index in [1.54, 1.807) is 18.6 Å². The Labute approximate surface area is 115 Å². The molecule has 2 rings (SSSR count). The molecule has 0 unspecified atom stereocenters. The normalized spacial score (nSPS) is 12.4. The smallest absolute Gasteiger partial charge is 0.328 e. The maximum Gasteiger partial charge on any atom is 0.328 e. The minimum absolute atomic E-state index is 0.103. The van der Waals surface area contributed by atoms with E-state index in [1.165, 1.54) is 11.8 Å². The quantitative estimate of drug-likeness (QED) is 0.870. The first kappa shape index (κ1) is 13.9. The number of hydrogen-bond acceptors (Lipinski definition) is 6. The van der Waals surface area contributed by atoms with E-state index in [-0.39, 0.29) is 11.9 Å². The number of aliphatic carboxylic acids is 1. The summed E-state index contributed by atoms with van der Waals surface area (Å²) in [6.45, 7) is 3.63. The summed E-state index contributed by atoms with van der Waals surface area (Å²) in [5.74, 6) is -1.04. The Morgan fingerprint density at radius 1 is 1.35 bits per heavy atom. The van der Waals surface area contributed by atoms with Gasteiger partial charge in [0.15, 0.2) is 6.04 Å². The van der Waals surface area contributed by atoms with Crippen LogP contribution in [0.4, 0.5) is 0 Å². The molecule has 20 heavy (non-hydrogen) atoms. The molecule has 0 radical (unpaired) electrons. The summed E-state index contributed by atoms with van der Waals surface area (Å²) in [4.78, 5) is 19.2. The Hall–Kier alpha value is -2.51. The van der Waals surface area contributed by atoms with Crippen molar-refractivity contribution in [3.8, 4) is 17.3 Å². The predicted octanol–water partition coefficient (Wildman–Crippen LogP) is 1.03. The van der Waals surface area contributed by atoms with Crippen LogP contribution in [0, 0.1) is 5.92 Å². The highest BCUT2D eigenvalue weighted by atomic mass is 16.5. The zero-order chi connectivity index (χ0) is 14.7. The number of carboxylic acid groups (broad SMARTS) is 1. The third-order valence-corrected chi connectivity index (χ3v) is 2.79. The van der Waals surface area contributed by atoms with E-state index >= 15 is 0 Å². The van der Waals surface area contributed by atoms with Crippen LogP contribution >= 0.6 is 0 Å². The second-order valence-electron chi connectivity index (χ2n) is 4.57. The van der Waals surface area contributed by atoms with Gasteiger partial charge >= 0.3 is 12.0 Å². The van der Waals surface area contributed by atoms with Gasteiger partial charge in [-0.05, 0) is 5.92 Å². The Kier molecular flexibility index (Phi) is 3.92. The molecular weight excluding hydrogens is 262 g/mol. The van der Waals surface area contributed by atoms with E-state index in [4.69, 9.17) is 4.74 Å². The van der Waals surface area contributed by atoms with E-state index < -0.39 is 12.0 Å². The van der Waals surface area contributed by atoms with Crippen molar-refractivity contribution >= 4 is 5.97 Å². The van der Waals surface area contributed by atoms with Gasteiger partial charge in [0.2, 0.25) is 0 Å². The standard InChI is InChI=1S/C12H15N5O3/c1-7(2)10(11(18)19)17-6-9(15-16-17)8-4-13-12(20-3)14-5-8/h4-7,10H,1-3H3,(H,18,19)/t10-/m0/s1. The van der Waals surface area contributed by atoms with E-state index in [0.717, 1.165) is 0 Å². The average molecular weight is 277 g/mol. The second kappa shape index (κ2) is 5.64. The van der Waals surface area contributed by atoms with Crippen LogP contribution in [0.3, 0.4) is 0 Å². The van der Waals surface area contributed by atoms with Crippen LogP contribution in [0.2, 0.25) is 0 Å². The van der Waals surface area contributed by atoms with Crippen LogP contribution in [0.5, 0.6) is 6.01 Å². The molecule has 0 aliphatic carbocycles. The fraction of sp³-hybridized carbons (Fsp3) is 0.417. The number of nitrogens with zero attached hydrogens (tertiary/aromatic N) is 5. The first-order valence-corrected chi connectivity index (χ1v) is 6.04. The first-order valence-electron chi connectivity index (χ1n) is 6.04. The van der Waals surface area contributed by atoms with Gasteiger partial charge in [0.1, 0.15) is 5.69 Å². The Morgan fingerprint density at radius 2 is 2.00 bits per heavy atom. The minimum atomic E-state index is -0.942. The van der Waals surface area contributed by atoms with Gasteiger partial charge in [-0.3, -0.25) is 0 Å². The van der Waals surface area contributed by atoms with Crippen molar-refractivity contribution in [1.82, 2.24) is 25.0 Å². The Bertz CT molecular complexity index is 593. The van der Waals surface area contributed by atoms with Gasteiger partial charge in [-0.2, -0.15) is 0 Å². The summed E-state index contributed by atoms with van der Waals surface area (Å²) in [6.07, 6.45) is 4.67. The van der Waals surface area contributed by atoms with E-state index in [9.17, 15) is 9.90 Å². The number of ether oxygens (including phenoxy) is 1. The molecule has 8 heteroatoms. The lowest BCUT2D eigenvalue weighted by Gasteiger charge is -2.15. The lowest BCUT2D eigenvalue weighted by atomic mass is 10.1. The van der Waals surface area contributed by atoms with E-state index in [1.807, 2.05) is 13.8 Å². The molecule has 0 amide bonds. The summed E-state index contributed by atoms with van der Waals surface area (Å²) in [7, 11) is 1.48. The van der Waals surface area contributed by atoms with Gasteiger partial charge in [0.25, 0.3) is 0 Å². The summed E-state index contributed by atoms with van der Waals surface area (Å²) in [5.41, 5.74) is 1.16. The van der Waals surface area contributed by atoms with Gasteiger partial charge in [0.05, 0.1) is 13.3 Å². The fourth-order valence-electron chi connectivity index (χ4n) is 1.80. The number of rotatable bonds is 5. The number of hydrogen-bond donors (Lipinski definition) is 1. The van der Waals surface area contributed by atoms with Crippen LogP contribution < -0.4 is 4.74 Å². The van der Waals surface area contributed by atoms with Crippen molar-refractivity contribution in [3.63, 3.8) is 0 Å². The summed E-state index contributed by atoms with van der Waals surface area (Å²) in [5, 5.41) is 17.0. The monoisotopic (exact) mass is 277 g/mol. The summed E-state index contributed by atoms with van der Waals surface area (Å²) < 4.78 is 6.21. The third-order valence-electron chi connectivity index (χ3n) is 2.79. The number of methoxy groups -OCH3 is 1. The lowest BCUT2D eigenvalue weighted by Crippen LogP contribution is -2.24. The van der Waals surface area contributed by atoms with Crippen LogP contribution in [0.15, 0.2) is 18.6 Å². The van der Waals surface area contributed by atoms with Crippen LogP contribution in [-0.2, 0) is 4.79 Å². The van der Waals surface area contributed by atoms with E-state index in [2.05, 4.69) is 20.3 Å². The third kappa shape index (κ3) is 2.73. The second-order valence-corrected chi connectivity index (χ2v) is 4.57. The molecule has 2 aromatic rings. The molecule has 106 valence electrons. The van der Waals surface area contributed by atoms with Crippen molar-refractivity contribution in [2.24, 2.45) is 5.92 Å². The lowest BCUT2D eigenvalue weighted by molar-refractivity contribution is -0.142. The van der Waals surface area contributed by atoms with Crippen molar-refractivity contribution in [2.45, 2.75) is 19.9 Å². The number of carbonyl (C=O) groups is 1. The van der Waals surface area contributed by atoms with Gasteiger partial charge in [0, 0.05) is 18.0 Å². The van der Waals surface area contributed by atoms with Crippen molar-refractivity contribution in [2.75, 3.05) is 7.11 Å². The highest BCUT2D eigenvalue weighted by Crippen LogP contribution is 2.21. The zero-order valence-electron chi connectivity index (χ0n) is 11.4. The van der Waals surface area contributed by atoms with Gasteiger partial charge in [-0.25, -0.2) is 19.4 Å². The van der Waals surface area contributed by atoms with Crippen LogP contribution in [0.25, 0.3) is 11.3 Å². The zero-order valence-corrected chi connectivity index (χ0v) is 11.4. The highest BCUT2D eigenvalue weighted by Gasteiger charge is 2.25. The molecule has 0 aromatic carbocycles. The molecule has 1 N–H and O–H groups in total. The molecule has 0 aliphatic heterocycles. The Balaban J connectivity index is 2.29. The van der Waals surface area contributed by atoms with Gasteiger partial charge in [-0.1, -0.05) is 19.1 Å². The maximum absolute atomic E-state index is 11.2. The molecule has 0 bridgehead atoms. The molecular formula is C12H15N5O3. The molecule has 0 spiro atoms. The van der Waals surface area contributed by atoms with Crippen molar-refractivity contribution < 1.29 is 14.6 Å². The van der Waals surface area contributed by atoms with Crippen molar-refractivity contribution in [3.05, 3.63) is 18.6 Å². The van der Waals surface area contributed by atoms with Gasteiger partial charge < -0.3 is 9.84 Å². The summed E-state index contributed by atoms with van der Waals surface area (Å²) in [6, 6.07) is -0.498. The number of carboxylic acids is 1. The molecule has 8 nitrogen and oxygen atoms in total. The first-order chi connectivity index (χ1) is 9.52. The predicted molar refractivity (Wildman–Crippen MR) is 69.1 cm³/mol. The molecule has 0 saturated heterocycles.